The average Bonchev–Trinajstić information content (AvgIpc) is 2.12. The molecule has 0 unspecified atom stereocenters. The van der Waals surface area contributed by atoms with Crippen LogP contribution in [0.2, 0.25) is 0 Å². The topological polar surface area (TPSA) is 0 Å². The molecule has 0 radical (unpaired) electrons. The smallest absolute Gasteiger partial charge is 0.00650 e. The van der Waals surface area contributed by atoms with Crippen LogP contribution in [-0.4, -0.2) is 0 Å². The molecule has 0 nitrogen and oxygen atoms in total. The minimum absolute atomic E-state index is 0.507. The van der Waals surface area contributed by atoms with Gasteiger partial charge in [0.05, 0.1) is 0 Å². The minimum Gasteiger partial charge on any atom is -0.0996 e. The zero-order valence-corrected chi connectivity index (χ0v) is 9.55. The lowest BCUT2D eigenvalue weighted by Crippen LogP contribution is -2.51. The van der Waals surface area contributed by atoms with Crippen LogP contribution in [0.25, 0.3) is 0 Å². The van der Waals surface area contributed by atoms with Crippen LogP contribution < -0.4 is 0 Å². The first-order valence-electron chi connectivity index (χ1n) is 6.26. The maximum Gasteiger partial charge on any atom is -0.00650 e. The summed E-state index contributed by atoms with van der Waals surface area (Å²) in [5.41, 5.74) is 1.97. The minimum atomic E-state index is 0.507. The van der Waals surface area contributed by atoms with Crippen LogP contribution in [0.1, 0.15) is 46.0 Å². The maximum atomic E-state index is 4.27. The quantitative estimate of drug-likeness (QED) is 0.548. The molecule has 4 rings (SSSR count). The first-order valence-corrected chi connectivity index (χ1v) is 6.26. The fraction of sp³-hybridized carbons (Fsp3) is 0.857. The summed E-state index contributed by atoms with van der Waals surface area (Å²) < 4.78 is 0. The fourth-order valence-corrected chi connectivity index (χ4v) is 4.86. The maximum absolute atomic E-state index is 4.27. The summed E-state index contributed by atoms with van der Waals surface area (Å²) in [6, 6.07) is 0. The molecule has 0 atom stereocenters. The molecule has 0 aromatic heterocycles. The molecule has 4 saturated carbocycles. The van der Waals surface area contributed by atoms with Crippen molar-refractivity contribution in [1.82, 2.24) is 0 Å². The molecular formula is C14H22. The average molecular weight is 190 g/mol. The molecule has 4 bridgehead atoms. The largest absolute Gasteiger partial charge is 0.0996 e. The first kappa shape index (κ1) is 9.00. The van der Waals surface area contributed by atoms with Crippen LogP contribution in [0, 0.1) is 29.1 Å². The lowest BCUT2D eigenvalue weighted by Gasteiger charge is -2.60. The molecule has 0 aliphatic heterocycles. The van der Waals surface area contributed by atoms with Crippen LogP contribution in [0.5, 0.6) is 0 Å². The van der Waals surface area contributed by atoms with Gasteiger partial charge in [0.25, 0.3) is 0 Å². The van der Waals surface area contributed by atoms with Gasteiger partial charge in [0.1, 0.15) is 0 Å². The van der Waals surface area contributed by atoms with E-state index in [1.54, 1.807) is 6.42 Å². The Morgan fingerprint density at radius 3 is 1.79 bits per heavy atom. The summed E-state index contributed by atoms with van der Waals surface area (Å²) in [5, 5.41) is 0. The van der Waals surface area contributed by atoms with Gasteiger partial charge in [-0.1, -0.05) is 19.1 Å². The Hall–Kier alpha value is -0.260. The molecule has 0 aromatic carbocycles. The zero-order valence-electron chi connectivity index (χ0n) is 9.55. The van der Waals surface area contributed by atoms with Gasteiger partial charge in [0.15, 0.2) is 0 Å². The van der Waals surface area contributed by atoms with E-state index < -0.39 is 0 Å². The van der Waals surface area contributed by atoms with Gasteiger partial charge >= 0.3 is 0 Å². The number of hydrogen-bond acceptors (Lipinski definition) is 0. The van der Waals surface area contributed by atoms with Crippen molar-refractivity contribution < 1.29 is 0 Å². The van der Waals surface area contributed by atoms with E-state index in [9.17, 15) is 0 Å². The lowest BCUT2D eigenvalue weighted by atomic mass is 9.44. The SMILES string of the molecule is C=C(C)C1(C)C2CC3CC(C2)CC1C3. The van der Waals surface area contributed by atoms with Crippen molar-refractivity contribution in [3.05, 3.63) is 12.2 Å². The third-order valence-corrected chi connectivity index (χ3v) is 5.75. The molecule has 78 valence electrons. The molecule has 0 N–H and O–H groups in total. The Bertz CT molecular complexity index is 246. The molecule has 0 amide bonds. The number of allylic oxidation sites excluding steroid dienone is 1. The third-order valence-electron chi connectivity index (χ3n) is 5.75. The van der Waals surface area contributed by atoms with Gasteiger partial charge in [0.2, 0.25) is 0 Å². The Morgan fingerprint density at radius 1 is 1.00 bits per heavy atom. The van der Waals surface area contributed by atoms with E-state index in [0.717, 1.165) is 23.7 Å². The number of hydrogen-bond donors (Lipinski definition) is 0. The highest BCUT2D eigenvalue weighted by Gasteiger charge is 2.54. The highest BCUT2D eigenvalue weighted by Crippen LogP contribution is 2.64. The van der Waals surface area contributed by atoms with Crippen molar-refractivity contribution in [3.63, 3.8) is 0 Å². The molecule has 0 spiro atoms. The van der Waals surface area contributed by atoms with Gasteiger partial charge in [0, 0.05) is 0 Å². The van der Waals surface area contributed by atoms with Crippen LogP contribution in [0.4, 0.5) is 0 Å². The first-order chi connectivity index (χ1) is 6.60. The Balaban J connectivity index is 1.98. The third kappa shape index (κ3) is 0.951. The van der Waals surface area contributed by atoms with Crippen molar-refractivity contribution in [1.29, 1.82) is 0 Å². The van der Waals surface area contributed by atoms with Crippen LogP contribution in [0.3, 0.4) is 0 Å². The molecule has 4 aliphatic carbocycles. The van der Waals surface area contributed by atoms with E-state index in [1.807, 2.05) is 0 Å². The molecule has 0 saturated heterocycles. The van der Waals surface area contributed by atoms with Gasteiger partial charge in [-0.05, 0) is 68.1 Å². The van der Waals surface area contributed by atoms with Crippen LogP contribution in [0.15, 0.2) is 12.2 Å². The van der Waals surface area contributed by atoms with E-state index in [1.165, 1.54) is 31.3 Å². The normalized spacial score (nSPS) is 55.0. The molecule has 0 aromatic rings. The van der Waals surface area contributed by atoms with E-state index in [-0.39, 0.29) is 0 Å². The highest BCUT2D eigenvalue weighted by atomic mass is 14.6. The second kappa shape index (κ2) is 2.65. The lowest BCUT2D eigenvalue weighted by molar-refractivity contribution is -0.0768. The molecule has 4 aliphatic rings. The van der Waals surface area contributed by atoms with E-state index >= 15 is 0 Å². The summed E-state index contributed by atoms with van der Waals surface area (Å²) >= 11 is 0. The van der Waals surface area contributed by atoms with E-state index in [4.69, 9.17) is 0 Å². The Kier molecular flexibility index (Phi) is 1.70. The molecule has 0 heterocycles. The van der Waals surface area contributed by atoms with Gasteiger partial charge in [-0.15, -0.1) is 0 Å². The van der Waals surface area contributed by atoms with Crippen molar-refractivity contribution in [2.24, 2.45) is 29.1 Å². The van der Waals surface area contributed by atoms with Gasteiger partial charge < -0.3 is 0 Å². The summed E-state index contributed by atoms with van der Waals surface area (Å²) in [6.45, 7) is 9.04. The summed E-state index contributed by atoms with van der Waals surface area (Å²) in [5.74, 6) is 4.14. The van der Waals surface area contributed by atoms with E-state index in [0.29, 0.717) is 5.41 Å². The zero-order chi connectivity index (χ0) is 9.92. The monoisotopic (exact) mass is 190 g/mol. The molecule has 14 heavy (non-hydrogen) atoms. The summed E-state index contributed by atoms with van der Waals surface area (Å²) in [6.07, 6.45) is 7.60. The molecule has 4 fully saturated rings. The van der Waals surface area contributed by atoms with Crippen molar-refractivity contribution in [3.8, 4) is 0 Å². The fourth-order valence-electron chi connectivity index (χ4n) is 4.86. The van der Waals surface area contributed by atoms with E-state index in [2.05, 4.69) is 20.4 Å². The van der Waals surface area contributed by atoms with Gasteiger partial charge in [-0.25, -0.2) is 0 Å². The standard InChI is InChI=1S/C14H22/c1-9(2)14(3)12-5-10-4-11(7-12)8-13(14)6-10/h10-13H,1,4-8H2,2-3H3. The van der Waals surface area contributed by atoms with Gasteiger partial charge in [-0.3, -0.25) is 0 Å². The summed E-state index contributed by atoms with van der Waals surface area (Å²) in [4.78, 5) is 0. The summed E-state index contributed by atoms with van der Waals surface area (Å²) in [7, 11) is 0. The van der Waals surface area contributed by atoms with Crippen LogP contribution >= 0.6 is 0 Å². The van der Waals surface area contributed by atoms with Gasteiger partial charge in [-0.2, -0.15) is 0 Å². The Morgan fingerprint density at radius 2 is 1.43 bits per heavy atom. The van der Waals surface area contributed by atoms with Crippen molar-refractivity contribution >= 4 is 0 Å². The highest BCUT2D eigenvalue weighted by molar-refractivity contribution is 5.17. The van der Waals surface area contributed by atoms with Crippen molar-refractivity contribution in [2.75, 3.05) is 0 Å². The predicted molar refractivity (Wildman–Crippen MR) is 60.0 cm³/mol. The molecular weight excluding hydrogens is 168 g/mol. The van der Waals surface area contributed by atoms with Crippen LogP contribution in [-0.2, 0) is 0 Å². The predicted octanol–water partition coefficient (Wildman–Crippen LogP) is 4.02. The second-order valence-corrected chi connectivity index (χ2v) is 6.37. The van der Waals surface area contributed by atoms with Crippen molar-refractivity contribution in [2.45, 2.75) is 46.0 Å². The number of rotatable bonds is 1. The Labute approximate surface area is 87.8 Å². The second-order valence-electron chi connectivity index (χ2n) is 6.37. The molecule has 0 heteroatoms.